The number of carbonyl (C=O) groups is 1. The molecule has 1 aromatic rings. The molecule has 0 bridgehead atoms. The van der Waals surface area contributed by atoms with Crippen LogP contribution >= 0.6 is 15.9 Å². The van der Waals surface area contributed by atoms with Crippen molar-refractivity contribution in [1.82, 2.24) is 4.98 Å². The van der Waals surface area contributed by atoms with Crippen molar-refractivity contribution in [2.24, 2.45) is 5.73 Å². The molecular weight excluding hydrogens is 232 g/mol. The quantitative estimate of drug-likeness (QED) is 0.880. The molecule has 1 heterocycles. The molecule has 0 radical (unpaired) electrons. The van der Waals surface area contributed by atoms with Crippen molar-refractivity contribution in [3.63, 3.8) is 0 Å². The van der Waals surface area contributed by atoms with E-state index in [4.69, 9.17) is 5.73 Å². The van der Waals surface area contributed by atoms with Crippen LogP contribution in [0.3, 0.4) is 0 Å². The number of rotatable bonds is 3. The van der Waals surface area contributed by atoms with Gasteiger partial charge in [-0.2, -0.15) is 0 Å². The molecule has 0 fully saturated rings. The Kier molecular flexibility index (Phi) is 3.42. The van der Waals surface area contributed by atoms with E-state index in [1.807, 2.05) is 19.1 Å². The summed E-state index contributed by atoms with van der Waals surface area (Å²) < 4.78 is 0.967. The van der Waals surface area contributed by atoms with E-state index in [1.54, 1.807) is 6.20 Å². The van der Waals surface area contributed by atoms with Gasteiger partial charge in [0.05, 0.1) is 0 Å². The van der Waals surface area contributed by atoms with E-state index >= 15 is 0 Å². The lowest BCUT2D eigenvalue weighted by Crippen LogP contribution is -2.14. The number of halogens is 1. The van der Waals surface area contributed by atoms with Crippen molar-refractivity contribution in [2.75, 3.05) is 0 Å². The summed E-state index contributed by atoms with van der Waals surface area (Å²) in [6.45, 7) is 1.93. The summed E-state index contributed by atoms with van der Waals surface area (Å²) in [5, 5.41) is 0. The molecule has 70 valence electrons. The van der Waals surface area contributed by atoms with Crippen LogP contribution in [0.2, 0.25) is 0 Å². The fourth-order valence-electron chi connectivity index (χ4n) is 1.10. The predicted molar refractivity (Wildman–Crippen MR) is 54.2 cm³/mol. The third kappa shape index (κ3) is 3.14. The number of hydrogen-bond acceptors (Lipinski definition) is 2. The number of carbonyl (C=O) groups excluding carboxylic acids is 1. The summed E-state index contributed by atoms with van der Waals surface area (Å²) in [5.74, 6) is -0.218. The summed E-state index contributed by atoms with van der Waals surface area (Å²) in [6.07, 6.45) is 2.04. The zero-order chi connectivity index (χ0) is 9.84. The molecule has 0 aliphatic rings. The minimum absolute atomic E-state index is 0.0787. The van der Waals surface area contributed by atoms with E-state index in [2.05, 4.69) is 20.9 Å². The van der Waals surface area contributed by atoms with Crippen LogP contribution in [0.5, 0.6) is 0 Å². The Hall–Kier alpha value is -0.900. The first kappa shape index (κ1) is 10.2. The maximum atomic E-state index is 10.7. The van der Waals surface area contributed by atoms with Crippen molar-refractivity contribution in [3.05, 3.63) is 28.5 Å². The molecule has 1 unspecified atom stereocenters. The van der Waals surface area contributed by atoms with Crippen LogP contribution < -0.4 is 5.73 Å². The smallest absolute Gasteiger partial charge is 0.218 e. The van der Waals surface area contributed by atoms with E-state index in [0.717, 1.165) is 10.2 Å². The van der Waals surface area contributed by atoms with Gasteiger partial charge in [0.25, 0.3) is 0 Å². The summed E-state index contributed by atoms with van der Waals surface area (Å²) in [5.41, 5.74) is 5.97. The van der Waals surface area contributed by atoms with E-state index in [1.165, 1.54) is 0 Å². The maximum Gasteiger partial charge on any atom is 0.218 e. The summed E-state index contributed by atoms with van der Waals surface area (Å²) in [7, 11) is 0. The highest BCUT2D eigenvalue weighted by molar-refractivity contribution is 9.10. The molecule has 0 aliphatic carbocycles. The van der Waals surface area contributed by atoms with Crippen LogP contribution in [0.15, 0.2) is 22.8 Å². The Balaban J connectivity index is 2.76. The average molecular weight is 243 g/mol. The lowest BCUT2D eigenvalue weighted by molar-refractivity contribution is -0.118. The standard InChI is InChI=1S/C9H11BrN2O/c1-6(4-9(11)13)8-5-7(10)2-3-12-8/h2-3,5-6H,4H2,1H3,(H2,11,13). The zero-order valence-electron chi connectivity index (χ0n) is 7.33. The van der Waals surface area contributed by atoms with Crippen molar-refractivity contribution in [2.45, 2.75) is 19.3 Å². The number of nitrogens with zero attached hydrogens (tertiary/aromatic N) is 1. The molecule has 0 saturated carbocycles. The number of primary amides is 1. The third-order valence-electron chi connectivity index (χ3n) is 1.76. The van der Waals surface area contributed by atoms with Gasteiger partial charge in [-0.05, 0) is 12.1 Å². The number of amides is 1. The van der Waals surface area contributed by atoms with Gasteiger partial charge >= 0.3 is 0 Å². The number of aromatic nitrogens is 1. The normalized spacial score (nSPS) is 12.5. The average Bonchev–Trinajstić information content (AvgIpc) is 2.03. The van der Waals surface area contributed by atoms with Crippen LogP contribution in [0, 0.1) is 0 Å². The van der Waals surface area contributed by atoms with E-state index < -0.39 is 0 Å². The van der Waals surface area contributed by atoms with Crippen molar-refractivity contribution in [3.8, 4) is 0 Å². The van der Waals surface area contributed by atoms with Gasteiger partial charge in [0.15, 0.2) is 0 Å². The van der Waals surface area contributed by atoms with Gasteiger partial charge in [0.2, 0.25) is 5.91 Å². The first-order valence-electron chi connectivity index (χ1n) is 3.99. The molecule has 4 heteroatoms. The number of nitrogens with two attached hydrogens (primary N) is 1. The van der Waals surface area contributed by atoms with Crippen molar-refractivity contribution < 1.29 is 4.79 Å². The summed E-state index contributed by atoms with van der Waals surface area (Å²) >= 11 is 3.34. The molecule has 1 atom stereocenters. The molecule has 1 amide bonds. The first-order chi connectivity index (χ1) is 6.09. The highest BCUT2D eigenvalue weighted by Gasteiger charge is 2.09. The largest absolute Gasteiger partial charge is 0.370 e. The molecule has 3 nitrogen and oxygen atoms in total. The van der Waals surface area contributed by atoms with Gasteiger partial charge in [0.1, 0.15) is 0 Å². The van der Waals surface area contributed by atoms with Crippen molar-refractivity contribution >= 4 is 21.8 Å². The van der Waals surface area contributed by atoms with Gasteiger partial charge in [-0.25, -0.2) is 0 Å². The van der Waals surface area contributed by atoms with Crippen molar-refractivity contribution in [1.29, 1.82) is 0 Å². The fourth-order valence-corrected chi connectivity index (χ4v) is 1.45. The van der Waals surface area contributed by atoms with Crippen LogP contribution in [0.4, 0.5) is 0 Å². The predicted octanol–water partition coefficient (Wildman–Crippen LogP) is 1.82. The maximum absolute atomic E-state index is 10.7. The molecular formula is C9H11BrN2O. The molecule has 0 aliphatic heterocycles. The molecule has 0 aromatic carbocycles. The van der Waals surface area contributed by atoms with Crippen LogP contribution in [-0.4, -0.2) is 10.9 Å². The molecule has 1 rings (SSSR count). The minimum Gasteiger partial charge on any atom is -0.370 e. The van der Waals surface area contributed by atoms with Crippen LogP contribution in [-0.2, 0) is 4.79 Å². The lowest BCUT2D eigenvalue weighted by Gasteiger charge is -2.07. The second-order valence-corrected chi connectivity index (χ2v) is 3.89. The summed E-state index contributed by atoms with van der Waals surface area (Å²) in [4.78, 5) is 14.8. The van der Waals surface area contributed by atoms with Crippen LogP contribution in [0.25, 0.3) is 0 Å². The molecule has 0 saturated heterocycles. The fraction of sp³-hybridized carbons (Fsp3) is 0.333. The van der Waals surface area contributed by atoms with Gasteiger partial charge < -0.3 is 5.73 Å². The highest BCUT2D eigenvalue weighted by Crippen LogP contribution is 2.19. The number of hydrogen-bond donors (Lipinski definition) is 1. The van der Waals surface area contributed by atoms with Gasteiger partial charge in [-0.1, -0.05) is 22.9 Å². The summed E-state index contributed by atoms with van der Waals surface area (Å²) in [6, 6.07) is 3.74. The first-order valence-corrected chi connectivity index (χ1v) is 4.78. The van der Waals surface area contributed by atoms with Crippen LogP contribution in [0.1, 0.15) is 25.0 Å². The second-order valence-electron chi connectivity index (χ2n) is 2.97. The lowest BCUT2D eigenvalue weighted by atomic mass is 10.0. The Labute approximate surface area is 85.5 Å². The van der Waals surface area contributed by atoms with E-state index in [9.17, 15) is 4.79 Å². The van der Waals surface area contributed by atoms with E-state index in [0.29, 0.717) is 6.42 Å². The topological polar surface area (TPSA) is 56.0 Å². The van der Waals surface area contributed by atoms with E-state index in [-0.39, 0.29) is 11.8 Å². The Bertz CT molecular complexity index is 314. The third-order valence-corrected chi connectivity index (χ3v) is 2.25. The highest BCUT2D eigenvalue weighted by atomic mass is 79.9. The van der Waals surface area contributed by atoms with Gasteiger partial charge in [-0.3, -0.25) is 9.78 Å². The minimum atomic E-state index is -0.297. The Morgan fingerprint density at radius 3 is 3.00 bits per heavy atom. The van der Waals surface area contributed by atoms with Gasteiger partial charge in [-0.15, -0.1) is 0 Å². The zero-order valence-corrected chi connectivity index (χ0v) is 8.91. The monoisotopic (exact) mass is 242 g/mol. The molecule has 0 spiro atoms. The van der Waals surface area contributed by atoms with Gasteiger partial charge in [0, 0.05) is 28.7 Å². The second kappa shape index (κ2) is 4.37. The SMILES string of the molecule is CC(CC(N)=O)c1cc(Br)ccn1. The number of pyridine rings is 1. The Morgan fingerprint density at radius 2 is 2.46 bits per heavy atom. The molecule has 2 N–H and O–H groups in total. The molecule has 13 heavy (non-hydrogen) atoms. The molecule has 1 aromatic heterocycles. The Morgan fingerprint density at radius 1 is 1.77 bits per heavy atom.